The lowest BCUT2D eigenvalue weighted by Gasteiger charge is -1.98. The first-order valence-corrected chi connectivity index (χ1v) is 3.68. The van der Waals surface area contributed by atoms with E-state index >= 15 is 0 Å². The molecule has 0 aliphatic carbocycles. The molecule has 0 spiro atoms. The average molecular weight is 188 g/mol. The molecule has 1 nitrogen and oxygen atoms in total. The summed E-state index contributed by atoms with van der Waals surface area (Å²) in [6.45, 7) is 3.23. The van der Waals surface area contributed by atoms with Crippen LogP contribution < -0.4 is 0 Å². The molecule has 1 rings (SSSR count). The van der Waals surface area contributed by atoms with Crippen LogP contribution in [0.1, 0.15) is 10.4 Å². The predicted octanol–water partition coefficient (Wildman–Crippen LogP) is 3.01. The molecule has 0 bridgehead atoms. The SMILES string of the molecule is [CH2]C(=O)c1cc(Cl)ccc1Cl. The van der Waals surface area contributed by atoms with E-state index in [0.29, 0.717) is 15.6 Å². The maximum atomic E-state index is 10.8. The second kappa shape index (κ2) is 3.24. The van der Waals surface area contributed by atoms with Crippen LogP contribution in [0.2, 0.25) is 10.0 Å². The minimum absolute atomic E-state index is 0.322. The lowest BCUT2D eigenvalue weighted by Crippen LogP contribution is -1.92. The van der Waals surface area contributed by atoms with E-state index in [-0.39, 0.29) is 5.78 Å². The number of hydrogen-bond acceptors (Lipinski definition) is 1. The van der Waals surface area contributed by atoms with Gasteiger partial charge in [0.2, 0.25) is 0 Å². The molecule has 0 aliphatic rings. The van der Waals surface area contributed by atoms with Crippen molar-refractivity contribution in [2.24, 2.45) is 0 Å². The molecule has 0 saturated heterocycles. The van der Waals surface area contributed by atoms with Crippen molar-refractivity contribution < 1.29 is 4.79 Å². The minimum Gasteiger partial charge on any atom is -0.294 e. The van der Waals surface area contributed by atoms with Gasteiger partial charge in [-0.05, 0) is 18.2 Å². The van der Waals surface area contributed by atoms with E-state index in [0.717, 1.165) is 0 Å². The van der Waals surface area contributed by atoms with Crippen LogP contribution in [0.15, 0.2) is 18.2 Å². The van der Waals surface area contributed by atoms with E-state index in [1.165, 1.54) is 6.07 Å². The van der Waals surface area contributed by atoms with E-state index in [9.17, 15) is 4.79 Å². The molecular formula is C8H5Cl2O. The fourth-order valence-corrected chi connectivity index (χ4v) is 1.11. The van der Waals surface area contributed by atoms with Crippen molar-refractivity contribution in [1.82, 2.24) is 0 Å². The highest BCUT2D eigenvalue weighted by atomic mass is 35.5. The summed E-state index contributed by atoms with van der Waals surface area (Å²) < 4.78 is 0. The van der Waals surface area contributed by atoms with Crippen LogP contribution in [-0.4, -0.2) is 5.78 Å². The van der Waals surface area contributed by atoms with Crippen molar-refractivity contribution in [3.8, 4) is 0 Å². The quantitative estimate of drug-likeness (QED) is 0.619. The van der Waals surface area contributed by atoms with Crippen molar-refractivity contribution in [1.29, 1.82) is 0 Å². The second-order valence-corrected chi connectivity index (χ2v) is 2.89. The summed E-state index contributed by atoms with van der Waals surface area (Å²) in [7, 11) is 0. The molecule has 0 aliphatic heterocycles. The number of benzene rings is 1. The molecule has 0 aromatic heterocycles. The highest BCUT2D eigenvalue weighted by molar-refractivity contribution is 6.36. The molecule has 1 radical (unpaired) electrons. The zero-order valence-corrected chi connectivity index (χ0v) is 7.12. The zero-order valence-electron chi connectivity index (χ0n) is 5.60. The van der Waals surface area contributed by atoms with Gasteiger partial charge in [-0.3, -0.25) is 4.79 Å². The molecule has 0 N–H and O–H groups in total. The normalized spacial score (nSPS) is 9.73. The monoisotopic (exact) mass is 187 g/mol. The molecule has 0 heterocycles. The molecule has 11 heavy (non-hydrogen) atoms. The summed E-state index contributed by atoms with van der Waals surface area (Å²) in [5, 5.41) is 0.871. The Morgan fingerprint density at radius 1 is 1.36 bits per heavy atom. The van der Waals surface area contributed by atoms with Gasteiger partial charge in [0.15, 0.2) is 5.78 Å². The van der Waals surface area contributed by atoms with Crippen molar-refractivity contribution in [2.75, 3.05) is 0 Å². The first-order valence-electron chi connectivity index (χ1n) is 2.92. The molecule has 0 fully saturated rings. The van der Waals surface area contributed by atoms with Gasteiger partial charge >= 0.3 is 0 Å². The van der Waals surface area contributed by atoms with E-state index in [2.05, 4.69) is 6.92 Å². The van der Waals surface area contributed by atoms with Crippen molar-refractivity contribution >= 4 is 29.0 Å². The predicted molar refractivity (Wildman–Crippen MR) is 46.1 cm³/mol. The van der Waals surface area contributed by atoms with Gasteiger partial charge < -0.3 is 0 Å². The summed E-state index contributed by atoms with van der Waals surface area (Å²) in [6.07, 6.45) is 0. The fraction of sp³-hybridized carbons (Fsp3) is 0. The Hall–Kier alpha value is -0.530. The van der Waals surface area contributed by atoms with Crippen LogP contribution in [0.5, 0.6) is 0 Å². The van der Waals surface area contributed by atoms with Gasteiger partial charge in [-0.2, -0.15) is 0 Å². The molecule has 57 valence electrons. The number of rotatable bonds is 1. The van der Waals surface area contributed by atoms with Crippen molar-refractivity contribution in [2.45, 2.75) is 0 Å². The molecule has 1 aromatic carbocycles. The number of halogens is 2. The summed E-state index contributed by atoms with van der Waals surface area (Å²) in [5.41, 5.74) is 0.360. The van der Waals surface area contributed by atoms with Gasteiger partial charge in [-0.15, -0.1) is 0 Å². The number of ketones is 1. The highest BCUT2D eigenvalue weighted by Gasteiger charge is 2.04. The van der Waals surface area contributed by atoms with E-state index < -0.39 is 0 Å². The Kier molecular flexibility index (Phi) is 2.53. The number of hydrogen-bond donors (Lipinski definition) is 0. The van der Waals surface area contributed by atoms with E-state index in [1.54, 1.807) is 12.1 Å². The molecule has 0 atom stereocenters. The van der Waals surface area contributed by atoms with Crippen molar-refractivity contribution in [3.63, 3.8) is 0 Å². The van der Waals surface area contributed by atoms with Gasteiger partial charge in [0.25, 0.3) is 0 Å². The van der Waals surface area contributed by atoms with Crippen LogP contribution >= 0.6 is 23.2 Å². The molecule has 0 saturated carbocycles. The Balaban J connectivity index is 3.23. The van der Waals surface area contributed by atoms with Crippen LogP contribution in [0.3, 0.4) is 0 Å². The number of Topliss-reactive ketones (excluding diaryl/α,β-unsaturated/α-hetero) is 1. The van der Waals surface area contributed by atoms with Crippen LogP contribution in [0.4, 0.5) is 0 Å². The Morgan fingerprint density at radius 2 is 2.00 bits per heavy atom. The standard InChI is InChI=1S/C8H5Cl2O/c1-5(11)7-4-6(9)2-3-8(7)10/h2-4H,1H2. The first kappa shape index (κ1) is 8.57. The molecule has 0 amide bonds. The summed E-state index contributed by atoms with van der Waals surface area (Å²) in [5.74, 6) is -0.322. The Morgan fingerprint density at radius 3 is 2.45 bits per heavy atom. The van der Waals surface area contributed by atoms with E-state index in [4.69, 9.17) is 23.2 Å². The zero-order chi connectivity index (χ0) is 8.43. The second-order valence-electron chi connectivity index (χ2n) is 2.05. The summed E-state index contributed by atoms with van der Waals surface area (Å²) in [6, 6.07) is 4.69. The minimum atomic E-state index is -0.322. The molecular weight excluding hydrogens is 183 g/mol. The third-order valence-electron chi connectivity index (χ3n) is 1.23. The Bertz CT molecular complexity index is 294. The third-order valence-corrected chi connectivity index (χ3v) is 1.79. The van der Waals surface area contributed by atoms with Gasteiger partial charge in [0.05, 0.1) is 5.02 Å². The van der Waals surface area contributed by atoms with Crippen LogP contribution in [0.25, 0.3) is 0 Å². The maximum absolute atomic E-state index is 10.8. The fourth-order valence-electron chi connectivity index (χ4n) is 0.711. The largest absolute Gasteiger partial charge is 0.294 e. The highest BCUT2D eigenvalue weighted by Crippen LogP contribution is 2.20. The summed E-state index contributed by atoms with van der Waals surface area (Å²) >= 11 is 11.3. The van der Waals surface area contributed by atoms with Gasteiger partial charge in [0, 0.05) is 17.5 Å². The maximum Gasteiger partial charge on any atom is 0.164 e. The van der Waals surface area contributed by atoms with Crippen LogP contribution in [0, 0.1) is 6.92 Å². The molecule has 0 unspecified atom stereocenters. The summed E-state index contributed by atoms with van der Waals surface area (Å²) in [4.78, 5) is 10.8. The van der Waals surface area contributed by atoms with Gasteiger partial charge in [0.1, 0.15) is 0 Å². The van der Waals surface area contributed by atoms with E-state index in [1.807, 2.05) is 0 Å². The van der Waals surface area contributed by atoms with Gasteiger partial charge in [-0.1, -0.05) is 23.2 Å². The van der Waals surface area contributed by atoms with Crippen LogP contribution in [-0.2, 0) is 0 Å². The average Bonchev–Trinajstić information content (AvgIpc) is 1.94. The van der Waals surface area contributed by atoms with Gasteiger partial charge in [-0.25, -0.2) is 0 Å². The third kappa shape index (κ3) is 1.95. The lowest BCUT2D eigenvalue weighted by molar-refractivity contribution is 0.104. The first-order chi connectivity index (χ1) is 5.11. The topological polar surface area (TPSA) is 17.1 Å². The number of carbonyl (C=O) groups is 1. The molecule has 1 aromatic rings. The molecule has 3 heteroatoms. The van der Waals surface area contributed by atoms with Crippen molar-refractivity contribution in [3.05, 3.63) is 40.7 Å². The smallest absolute Gasteiger partial charge is 0.164 e. The number of carbonyl (C=O) groups excluding carboxylic acids is 1. The Labute approximate surface area is 74.9 Å². The lowest BCUT2D eigenvalue weighted by atomic mass is 10.1.